The van der Waals surface area contributed by atoms with Crippen LogP contribution in [0, 0.1) is 5.92 Å². The van der Waals surface area contributed by atoms with Crippen LogP contribution < -0.4 is 5.32 Å². The molecule has 0 saturated carbocycles. The van der Waals surface area contributed by atoms with Crippen LogP contribution in [0.4, 0.5) is 0 Å². The minimum absolute atomic E-state index is 0.00686. The maximum Gasteiger partial charge on any atom is 0.287 e. The lowest BCUT2D eigenvalue weighted by Crippen LogP contribution is -2.50. The Morgan fingerprint density at radius 3 is 2.53 bits per heavy atom. The number of carbonyl (C=O) groups is 2. The van der Waals surface area contributed by atoms with Gasteiger partial charge in [0.2, 0.25) is 5.91 Å². The molecular formula is C14H20N2O3. The second kappa shape index (κ2) is 5.91. The van der Waals surface area contributed by atoms with Crippen molar-refractivity contribution in [3.8, 4) is 0 Å². The van der Waals surface area contributed by atoms with Crippen LogP contribution in [0.25, 0.3) is 0 Å². The number of nitrogens with one attached hydrogen (secondary N) is 1. The molecule has 2 heterocycles. The fourth-order valence-corrected chi connectivity index (χ4v) is 2.27. The van der Waals surface area contributed by atoms with Gasteiger partial charge in [-0.15, -0.1) is 0 Å². The molecule has 104 valence electrons. The number of furan rings is 1. The largest absolute Gasteiger partial charge is 0.459 e. The lowest BCUT2D eigenvalue weighted by Gasteiger charge is -2.26. The first-order valence-corrected chi connectivity index (χ1v) is 6.72. The van der Waals surface area contributed by atoms with Crippen molar-refractivity contribution in [1.82, 2.24) is 10.2 Å². The van der Waals surface area contributed by atoms with E-state index in [1.54, 1.807) is 12.1 Å². The molecule has 1 N–H and O–H groups in total. The SMILES string of the molecule is CC(C)[C@@H](NC(=O)c1ccco1)C(=O)N1CCCC1. The van der Waals surface area contributed by atoms with Gasteiger partial charge in [0, 0.05) is 13.1 Å². The zero-order chi connectivity index (χ0) is 13.8. The van der Waals surface area contributed by atoms with Gasteiger partial charge in [-0.1, -0.05) is 13.8 Å². The minimum Gasteiger partial charge on any atom is -0.459 e. The van der Waals surface area contributed by atoms with Crippen molar-refractivity contribution in [2.75, 3.05) is 13.1 Å². The molecule has 0 spiro atoms. The predicted octanol–water partition coefficient (Wildman–Crippen LogP) is 1.66. The summed E-state index contributed by atoms with van der Waals surface area (Å²) in [5, 5.41) is 2.77. The van der Waals surface area contributed by atoms with Crippen LogP contribution in [0.1, 0.15) is 37.2 Å². The summed E-state index contributed by atoms with van der Waals surface area (Å²) in [5.74, 6) is -0.0458. The molecule has 1 fully saturated rings. The van der Waals surface area contributed by atoms with E-state index in [9.17, 15) is 9.59 Å². The van der Waals surface area contributed by atoms with Crippen molar-refractivity contribution in [3.05, 3.63) is 24.2 Å². The molecule has 0 bridgehead atoms. The van der Waals surface area contributed by atoms with E-state index in [0.29, 0.717) is 0 Å². The summed E-state index contributed by atoms with van der Waals surface area (Å²) < 4.78 is 5.04. The van der Waals surface area contributed by atoms with E-state index >= 15 is 0 Å². The van der Waals surface area contributed by atoms with Crippen molar-refractivity contribution in [1.29, 1.82) is 0 Å². The van der Waals surface area contributed by atoms with Crippen LogP contribution >= 0.6 is 0 Å². The van der Waals surface area contributed by atoms with E-state index in [0.717, 1.165) is 25.9 Å². The van der Waals surface area contributed by atoms with Gasteiger partial charge in [0.25, 0.3) is 5.91 Å². The van der Waals surface area contributed by atoms with E-state index in [2.05, 4.69) is 5.32 Å². The van der Waals surface area contributed by atoms with Crippen LogP contribution in [0.2, 0.25) is 0 Å². The normalized spacial score (nSPS) is 16.7. The molecule has 0 aromatic carbocycles. The molecule has 1 aliphatic rings. The highest BCUT2D eigenvalue weighted by atomic mass is 16.3. The third kappa shape index (κ3) is 3.16. The van der Waals surface area contributed by atoms with Crippen LogP contribution in [-0.4, -0.2) is 35.8 Å². The zero-order valence-corrected chi connectivity index (χ0v) is 11.4. The molecule has 0 radical (unpaired) electrons. The second-order valence-corrected chi connectivity index (χ2v) is 5.20. The molecule has 1 aromatic heterocycles. The zero-order valence-electron chi connectivity index (χ0n) is 11.4. The Bertz CT molecular complexity index is 434. The van der Waals surface area contributed by atoms with Gasteiger partial charge in [0.15, 0.2) is 5.76 Å². The number of hydrogen-bond acceptors (Lipinski definition) is 3. The average Bonchev–Trinajstić information content (AvgIpc) is 3.05. The third-order valence-electron chi connectivity index (χ3n) is 3.38. The molecule has 1 atom stereocenters. The topological polar surface area (TPSA) is 62.6 Å². The fraction of sp³-hybridized carbons (Fsp3) is 0.571. The maximum absolute atomic E-state index is 12.4. The number of carbonyl (C=O) groups excluding carboxylic acids is 2. The van der Waals surface area contributed by atoms with Gasteiger partial charge >= 0.3 is 0 Å². The molecule has 1 aromatic rings. The quantitative estimate of drug-likeness (QED) is 0.899. The number of likely N-dealkylation sites (tertiary alicyclic amines) is 1. The van der Waals surface area contributed by atoms with E-state index in [1.165, 1.54) is 6.26 Å². The van der Waals surface area contributed by atoms with Crippen molar-refractivity contribution in [2.24, 2.45) is 5.92 Å². The van der Waals surface area contributed by atoms with Crippen molar-refractivity contribution in [2.45, 2.75) is 32.7 Å². The molecule has 5 heteroatoms. The molecule has 19 heavy (non-hydrogen) atoms. The first-order valence-electron chi connectivity index (χ1n) is 6.72. The lowest BCUT2D eigenvalue weighted by atomic mass is 10.0. The molecule has 2 amide bonds. The average molecular weight is 264 g/mol. The standard InChI is InChI=1S/C14H20N2O3/c1-10(2)12(14(18)16-7-3-4-8-16)15-13(17)11-6-5-9-19-11/h5-6,9-10,12H,3-4,7-8H2,1-2H3,(H,15,17)/t12-/m1/s1. The highest BCUT2D eigenvalue weighted by Crippen LogP contribution is 2.13. The van der Waals surface area contributed by atoms with Crippen LogP contribution in [0.5, 0.6) is 0 Å². The predicted molar refractivity (Wildman–Crippen MR) is 70.6 cm³/mol. The summed E-state index contributed by atoms with van der Waals surface area (Å²) in [6, 6.07) is 2.75. The van der Waals surface area contributed by atoms with Crippen LogP contribution in [0.3, 0.4) is 0 Å². The summed E-state index contributed by atoms with van der Waals surface area (Å²) in [6.45, 7) is 5.44. The van der Waals surface area contributed by atoms with E-state index in [1.807, 2.05) is 18.7 Å². The molecule has 0 unspecified atom stereocenters. The van der Waals surface area contributed by atoms with Gasteiger partial charge in [-0.2, -0.15) is 0 Å². The number of hydrogen-bond donors (Lipinski definition) is 1. The van der Waals surface area contributed by atoms with Gasteiger partial charge in [-0.25, -0.2) is 0 Å². The third-order valence-corrected chi connectivity index (χ3v) is 3.38. The Hall–Kier alpha value is -1.78. The van der Waals surface area contributed by atoms with Gasteiger partial charge in [0.05, 0.1) is 6.26 Å². The Balaban J connectivity index is 2.03. The van der Waals surface area contributed by atoms with Crippen LogP contribution in [0.15, 0.2) is 22.8 Å². The van der Waals surface area contributed by atoms with Crippen LogP contribution in [-0.2, 0) is 4.79 Å². The van der Waals surface area contributed by atoms with Gasteiger partial charge in [-0.3, -0.25) is 9.59 Å². The first kappa shape index (κ1) is 13.6. The fourth-order valence-electron chi connectivity index (χ4n) is 2.27. The van der Waals surface area contributed by atoms with Crippen molar-refractivity contribution in [3.63, 3.8) is 0 Å². The molecule has 2 rings (SSSR count). The summed E-state index contributed by atoms with van der Waals surface area (Å²) in [7, 11) is 0. The minimum atomic E-state index is -0.490. The molecule has 0 aliphatic carbocycles. The Kier molecular flexibility index (Phi) is 4.24. The smallest absolute Gasteiger partial charge is 0.287 e. The van der Waals surface area contributed by atoms with E-state index < -0.39 is 6.04 Å². The van der Waals surface area contributed by atoms with Gasteiger partial charge < -0.3 is 14.6 Å². The molecular weight excluding hydrogens is 244 g/mol. The Labute approximate surface area is 113 Å². The first-order chi connectivity index (χ1) is 9.09. The van der Waals surface area contributed by atoms with Gasteiger partial charge in [-0.05, 0) is 30.9 Å². The lowest BCUT2D eigenvalue weighted by molar-refractivity contribution is -0.133. The molecule has 1 saturated heterocycles. The highest BCUT2D eigenvalue weighted by Gasteiger charge is 2.30. The summed E-state index contributed by atoms with van der Waals surface area (Å²) in [5.41, 5.74) is 0. The van der Waals surface area contributed by atoms with E-state index in [4.69, 9.17) is 4.42 Å². The molecule has 5 nitrogen and oxygen atoms in total. The summed E-state index contributed by atoms with van der Waals surface area (Å²) in [6.07, 6.45) is 3.53. The summed E-state index contributed by atoms with van der Waals surface area (Å²) >= 11 is 0. The summed E-state index contributed by atoms with van der Waals surface area (Å²) in [4.78, 5) is 26.2. The van der Waals surface area contributed by atoms with Gasteiger partial charge in [0.1, 0.15) is 6.04 Å². The Morgan fingerprint density at radius 1 is 1.32 bits per heavy atom. The molecule has 1 aliphatic heterocycles. The number of rotatable bonds is 4. The number of nitrogens with zero attached hydrogens (tertiary/aromatic N) is 1. The monoisotopic (exact) mass is 264 g/mol. The highest BCUT2D eigenvalue weighted by molar-refractivity contribution is 5.95. The van der Waals surface area contributed by atoms with E-state index in [-0.39, 0.29) is 23.5 Å². The van der Waals surface area contributed by atoms with Crippen molar-refractivity contribution < 1.29 is 14.0 Å². The Morgan fingerprint density at radius 2 is 2.00 bits per heavy atom. The van der Waals surface area contributed by atoms with Crippen molar-refractivity contribution >= 4 is 11.8 Å². The number of amides is 2. The second-order valence-electron chi connectivity index (χ2n) is 5.20. The maximum atomic E-state index is 12.4.